The van der Waals surface area contributed by atoms with E-state index in [9.17, 15) is 9.90 Å². The zero-order valence-electron chi connectivity index (χ0n) is 10.8. The number of halogens is 1. The van der Waals surface area contributed by atoms with Crippen molar-refractivity contribution >= 4 is 21.9 Å². The fourth-order valence-electron chi connectivity index (χ4n) is 2.09. The molecule has 0 amide bonds. The molecule has 0 heterocycles. The molecule has 0 saturated heterocycles. The summed E-state index contributed by atoms with van der Waals surface area (Å²) in [7, 11) is 0. The number of carbonyl (C=O) groups is 1. The van der Waals surface area contributed by atoms with Gasteiger partial charge in [-0.2, -0.15) is 0 Å². The first-order chi connectivity index (χ1) is 7.50. The second-order valence-electron chi connectivity index (χ2n) is 4.64. The fraction of sp³-hybridized carbons (Fsp3) is 0.923. The van der Waals surface area contributed by atoms with E-state index in [2.05, 4.69) is 29.8 Å². The number of unbranched alkanes of at least 4 members (excludes halogenated alkanes) is 1. The van der Waals surface area contributed by atoms with Crippen molar-refractivity contribution in [1.29, 1.82) is 0 Å². The van der Waals surface area contributed by atoms with Gasteiger partial charge in [-0.05, 0) is 18.8 Å². The summed E-state index contributed by atoms with van der Waals surface area (Å²) in [6, 6.07) is 0. The van der Waals surface area contributed by atoms with E-state index in [1.807, 2.05) is 6.92 Å². The van der Waals surface area contributed by atoms with Gasteiger partial charge in [-0.1, -0.05) is 68.8 Å². The molecule has 0 aliphatic heterocycles. The van der Waals surface area contributed by atoms with E-state index in [0.29, 0.717) is 12.3 Å². The van der Waals surface area contributed by atoms with Crippen LogP contribution in [0.3, 0.4) is 0 Å². The molecule has 0 rings (SSSR count). The van der Waals surface area contributed by atoms with Crippen LogP contribution < -0.4 is 0 Å². The van der Waals surface area contributed by atoms with E-state index >= 15 is 0 Å². The number of hydrogen-bond acceptors (Lipinski definition) is 1. The molecular formula is C13H25BrO2. The molecule has 1 N–H and O–H groups in total. The molecule has 0 saturated carbocycles. The summed E-state index contributed by atoms with van der Waals surface area (Å²) in [6.45, 7) is 6.37. The van der Waals surface area contributed by atoms with Gasteiger partial charge in [0.2, 0.25) is 0 Å². The summed E-state index contributed by atoms with van der Waals surface area (Å²) in [5.41, 5.74) is 0. The lowest BCUT2D eigenvalue weighted by atomic mass is 9.86. The maximum atomic E-state index is 11.3. The Balaban J connectivity index is 4.40. The minimum Gasteiger partial charge on any atom is -0.480 e. The zero-order valence-corrected chi connectivity index (χ0v) is 12.3. The predicted octanol–water partition coefficient (Wildman–Crippen LogP) is 4.61. The quantitative estimate of drug-likeness (QED) is 0.630. The second-order valence-corrected chi connectivity index (χ2v) is 6.16. The molecule has 3 heteroatoms. The first kappa shape index (κ1) is 16.0. The number of alkyl halides is 1. The summed E-state index contributed by atoms with van der Waals surface area (Å²) < 4.78 is -0.698. The van der Waals surface area contributed by atoms with Gasteiger partial charge in [0, 0.05) is 0 Å². The van der Waals surface area contributed by atoms with Gasteiger partial charge in [0.1, 0.15) is 4.32 Å². The Kier molecular flexibility index (Phi) is 8.08. The van der Waals surface area contributed by atoms with Crippen molar-refractivity contribution in [1.82, 2.24) is 0 Å². The Morgan fingerprint density at radius 2 is 1.94 bits per heavy atom. The number of carboxylic acids is 1. The zero-order chi connectivity index (χ0) is 12.6. The van der Waals surface area contributed by atoms with E-state index in [4.69, 9.17) is 0 Å². The molecular weight excluding hydrogens is 268 g/mol. The van der Waals surface area contributed by atoms with Gasteiger partial charge in [0.25, 0.3) is 0 Å². The van der Waals surface area contributed by atoms with Crippen molar-refractivity contribution in [3.8, 4) is 0 Å². The Morgan fingerprint density at radius 1 is 1.31 bits per heavy atom. The highest BCUT2D eigenvalue weighted by molar-refractivity contribution is 9.10. The van der Waals surface area contributed by atoms with Gasteiger partial charge in [-0.3, -0.25) is 4.79 Å². The molecule has 0 fully saturated rings. The lowest BCUT2D eigenvalue weighted by Crippen LogP contribution is -2.34. The van der Waals surface area contributed by atoms with Crippen LogP contribution in [0.25, 0.3) is 0 Å². The van der Waals surface area contributed by atoms with E-state index < -0.39 is 10.3 Å². The SMILES string of the molecule is CCCCC(CC)CC(Br)(CCC)C(=O)O. The molecule has 2 atom stereocenters. The third-order valence-corrected chi connectivity index (χ3v) is 4.24. The Labute approximate surface area is 108 Å². The molecule has 2 unspecified atom stereocenters. The van der Waals surface area contributed by atoms with Crippen molar-refractivity contribution in [3.05, 3.63) is 0 Å². The van der Waals surface area contributed by atoms with Crippen LogP contribution in [0.4, 0.5) is 0 Å². The smallest absolute Gasteiger partial charge is 0.320 e. The predicted molar refractivity (Wildman–Crippen MR) is 72.1 cm³/mol. The lowest BCUT2D eigenvalue weighted by Gasteiger charge is -2.27. The Morgan fingerprint density at radius 3 is 2.31 bits per heavy atom. The van der Waals surface area contributed by atoms with E-state index in [-0.39, 0.29) is 0 Å². The number of aliphatic carboxylic acids is 1. The van der Waals surface area contributed by atoms with E-state index in [1.165, 1.54) is 12.8 Å². The average Bonchev–Trinajstić information content (AvgIpc) is 2.24. The third kappa shape index (κ3) is 5.33. The van der Waals surface area contributed by atoms with Crippen LogP contribution in [-0.4, -0.2) is 15.4 Å². The van der Waals surface area contributed by atoms with Crippen LogP contribution in [0.5, 0.6) is 0 Å². The van der Waals surface area contributed by atoms with E-state index in [0.717, 1.165) is 25.7 Å². The molecule has 16 heavy (non-hydrogen) atoms. The van der Waals surface area contributed by atoms with Crippen molar-refractivity contribution in [2.24, 2.45) is 5.92 Å². The number of rotatable bonds is 9. The maximum Gasteiger partial charge on any atom is 0.320 e. The summed E-state index contributed by atoms with van der Waals surface area (Å²) >= 11 is 3.44. The van der Waals surface area contributed by atoms with Crippen LogP contribution in [0.15, 0.2) is 0 Å². The normalized spacial score (nSPS) is 16.8. The second kappa shape index (κ2) is 8.10. The molecule has 0 aromatic rings. The first-order valence-corrected chi connectivity index (χ1v) is 7.21. The van der Waals surface area contributed by atoms with E-state index in [1.54, 1.807) is 0 Å². The Hall–Kier alpha value is -0.0500. The lowest BCUT2D eigenvalue weighted by molar-refractivity contribution is -0.140. The molecule has 0 bridgehead atoms. The summed E-state index contributed by atoms with van der Waals surface area (Å²) in [5.74, 6) is -0.175. The number of hydrogen-bond donors (Lipinski definition) is 1. The first-order valence-electron chi connectivity index (χ1n) is 6.42. The molecule has 0 aromatic heterocycles. The van der Waals surface area contributed by atoms with Crippen molar-refractivity contribution < 1.29 is 9.90 Å². The average molecular weight is 293 g/mol. The monoisotopic (exact) mass is 292 g/mol. The van der Waals surface area contributed by atoms with Gasteiger partial charge in [0.05, 0.1) is 0 Å². The van der Waals surface area contributed by atoms with Crippen molar-refractivity contribution in [2.45, 2.75) is 70.0 Å². The largest absolute Gasteiger partial charge is 0.480 e. The standard InChI is InChI=1S/C13H25BrO2/c1-4-7-8-11(6-3)10-13(14,9-5-2)12(15)16/h11H,4-10H2,1-3H3,(H,15,16). The molecule has 0 aliphatic carbocycles. The Bertz CT molecular complexity index is 206. The van der Waals surface area contributed by atoms with Gasteiger partial charge in [-0.15, -0.1) is 0 Å². The molecule has 0 aliphatic rings. The summed E-state index contributed by atoms with van der Waals surface area (Å²) in [6.07, 6.45) is 6.99. The van der Waals surface area contributed by atoms with Gasteiger partial charge < -0.3 is 5.11 Å². The molecule has 0 spiro atoms. The highest BCUT2D eigenvalue weighted by Gasteiger charge is 2.36. The van der Waals surface area contributed by atoms with Crippen molar-refractivity contribution in [3.63, 3.8) is 0 Å². The van der Waals surface area contributed by atoms with Crippen molar-refractivity contribution in [2.75, 3.05) is 0 Å². The molecule has 0 aromatic carbocycles. The minimum atomic E-state index is -0.704. The van der Waals surface area contributed by atoms with Crippen LogP contribution in [0.2, 0.25) is 0 Å². The van der Waals surface area contributed by atoms with Gasteiger partial charge in [0.15, 0.2) is 0 Å². The molecule has 2 nitrogen and oxygen atoms in total. The highest BCUT2D eigenvalue weighted by atomic mass is 79.9. The molecule has 96 valence electrons. The molecule has 0 radical (unpaired) electrons. The third-order valence-electron chi connectivity index (χ3n) is 3.19. The van der Waals surface area contributed by atoms with Gasteiger partial charge >= 0.3 is 5.97 Å². The number of carboxylic acid groups (broad SMARTS) is 1. The van der Waals surface area contributed by atoms with Crippen LogP contribution in [0.1, 0.15) is 65.7 Å². The minimum absolute atomic E-state index is 0.530. The summed E-state index contributed by atoms with van der Waals surface area (Å²) in [5, 5.41) is 9.29. The van der Waals surface area contributed by atoms with Crippen LogP contribution in [0, 0.1) is 5.92 Å². The van der Waals surface area contributed by atoms with Crippen LogP contribution >= 0.6 is 15.9 Å². The maximum absolute atomic E-state index is 11.3. The fourth-order valence-corrected chi connectivity index (χ4v) is 2.95. The summed E-state index contributed by atoms with van der Waals surface area (Å²) in [4.78, 5) is 11.3. The van der Waals surface area contributed by atoms with Gasteiger partial charge in [-0.25, -0.2) is 0 Å². The topological polar surface area (TPSA) is 37.3 Å². The highest BCUT2D eigenvalue weighted by Crippen LogP contribution is 2.35. The van der Waals surface area contributed by atoms with Crippen LogP contribution in [-0.2, 0) is 4.79 Å².